The van der Waals surface area contributed by atoms with Gasteiger partial charge >= 0.3 is 11.9 Å². The number of benzene rings is 3. The van der Waals surface area contributed by atoms with Crippen LogP contribution in [0.2, 0.25) is 0 Å². The summed E-state index contributed by atoms with van der Waals surface area (Å²) in [5.41, 5.74) is 2.77. The van der Waals surface area contributed by atoms with E-state index in [-0.39, 0.29) is 91.8 Å². The molecule has 1 aromatic heterocycles. The highest BCUT2D eigenvalue weighted by Gasteiger charge is 2.28. The predicted molar refractivity (Wildman–Crippen MR) is 228 cm³/mol. The van der Waals surface area contributed by atoms with E-state index >= 15 is 0 Å². The highest BCUT2D eigenvalue weighted by Crippen LogP contribution is 2.32. The minimum absolute atomic E-state index is 0.0679. The number of nitrogens with zero attached hydrogens (tertiary/aromatic N) is 2. The molecule has 0 saturated carbocycles. The molecule has 0 radical (unpaired) electrons. The molecule has 19 heteroatoms. The van der Waals surface area contributed by atoms with Crippen molar-refractivity contribution in [1.82, 2.24) is 10.6 Å². The second-order valence-electron chi connectivity index (χ2n) is 15.7. The zero-order valence-corrected chi connectivity index (χ0v) is 36.7. The Morgan fingerprint density at radius 2 is 1.41 bits per heavy atom. The van der Waals surface area contributed by atoms with Crippen molar-refractivity contribution in [2.24, 2.45) is 0 Å². The van der Waals surface area contributed by atoms with Crippen LogP contribution in [-0.4, -0.2) is 110 Å². The first-order chi connectivity index (χ1) is 28.6. The third-order valence-electron chi connectivity index (χ3n) is 9.98. The molecule has 0 saturated heterocycles. The highest BCUT2D eigenvalue weighted by atomic mass is 32.2. The van der Waals surface area contributed by atoms with Crippen LogP contribution in [0.4, 0.5) is 0 Å². The van der Waals surface area contributed by atoms with Crippen molar-refractivity contribution >= 4 is 65.8 Å². The van der Waals surface area contributed by atoms with Crippen LogP contribution in [0.15, 0.2) is 54.6 Å². The van der Waals surface area contributed by atoms with Crippen LogP contribution in [0, 0.1) is 13.8 Å². The lowest BCUT2D eigenvalue weighted by molar-refractivity contribution is -0.911. The normalized spacial score (nSPS) is 12.9. The molecule has 17 nitrogen and oxygen atoms in total. The number of rotatable bonds is 23. The van der Waals surface area contributed by atoms with Gasteiger partial charge in [0.05, 0.1) is 54.1 Å². The van der Waals surface area contributed by atoms with Crippen molar-refractivity contribution in [1.29, 1.82) is 0 Å². The molecule has 4 aromatic rings. The molecule has 3 aromatic carbocycles. The molecule has 0 fully saturated rings. The second-order valence-corrected chi connectivity index (χ2v) is 18.8. The van der Waals surface area contributed by atoms with Gasteiger partial charge in [-0.25, -0.2) is 4.79 Å². The summed E-state index contributed by atoms with van der Waals surface area (Å²) in [4.78, 5) is 50.8. The molecular formula is C42H56N4O13S2+2. The molecular weight excluding hydrogens is 833 g/mol. The molecule has 1 unspecified atom stereocenters. The minimum Gasteiger partial charge on any atom is -0.491 e. The highest BCUT2D eigenvalue weighted by molar-refractivity contribution is 7.86. The molecule has 332 valence electrons. The van der Waals surface area contributed by atoms with Gasteiger partial charge < -0.3 is 29.7 Å². The van der Waals surface area contributed by atoms with Crippen molar-refractivity contribution in [2.75, 3.05) is 44.9 Å². The van der Waals surface area contributed by atoms with Crippen molar-refractivity contribution in [3.8, 4) is 11.5 Å². The minimum atomic E-state index is -4.22. The van der Waals surface area contributed by atoms with Gasteiger partial charge in [0.15, 0.2) is 13.2 Å². The zero-order chi connectivity index (χ0) is 45.1. The van der Waals surface area contributed by atoms with Crippen LogP contribution < -0.4 is 24.7 Å². The number of carbonyl (C=O) groups is 4. The molecule has 0 aliphatic carbocycles. The maximum Gasteiger partial charge on any atom is 0.345 e. The molecule has 1 atom stereocenters. The van der Waals surface area contributed by atoms with Gasteiger partial charge in [-0.15, -0.1) is 0 Å². The number of carboxylic acids is 1. The van der Waals surface area contributed by atoms with E-state index in [9.17, 15) is 45.1 Å². The predicted octanol–water partition coefficient (Wildman–Crippen LogP) is 4.35. The first-order valence-corrected chi connectivity index (χ1v) is 23.2. The van der Waals surface area contributed by atoms with Gasteiger partial charge in [-0.1, -0.05) is 12.1 Å². The molecule has 2 amide bonds. The number of quaternary nitrogens is 1. The Morgan fingerprint density at radius 3 is 2.05 bits per heavy atom. The molecule has 61 heavy (non-hydrogen) atoms. The van der Waals surface area contributed by atoms with Gasteiger partial charge in [0.2, 0.25) is 16.9 Å². The number of ether oxygens (including phenoxy) is 2. The Hall–Kier alpha value is -5.21. The Bertz CT molecular complexity index is 2470. The lowest BCUT2D eigenvalue weighted by atomic mass is 10.0. The average Bonchev–Trinajstić information content (AvgIpc) is 3.15. The lowest BCUT2D eigenvalue weighted by Crippen LogP contribution is -2.53. The zero-order valence-electron chi connectivity index (χ0n) is 35.1. The number of hydrogen-bond acceptors (Lipinski definition) is 10. The largest absolute Gasteiger partial charge is 0.491 e. The Morgan fingerprint density at radius 1 is 0.787 bits per heavy atom. The maximum absolute atomic E-state index is 14.4. The summed E-state index contributed by atoms with van der Waals surface area (Å²) in [5.74, 6) is -2.55. The van der Waals surface area contributed by atoms with Gasteiger partial charge in [-0.3, -0.25) is 23.5 Å². The number of esters is 1. The second kappa shape index (κ2) is 21.0. The molecule has 0 bridgehead atoms. The maximum atomic E-state index is 14.4. The van der Waals surface area contributed by atoms with Crippen LogP contribution in [0.25, 0.3) is 21.8 Å². The molecule has 0 aliphatic heterocycles. The summed E-state index contributed by atoms with van der Waals surface area (Å²) in [6.07, 6.45) is 0.676. The number of pyridine rings is 1. The molecule has 1 heterocycles. The van der Waals surface area contributed by atoms with Gasteiger partial charge in [0.1, 0.15) is 11.5 Å². The summed E-state index contributed by atoms with van der Waals surface area (Å²) in [5, 5.41) is 15.5. The van der Waals surface area contributed by atoms with E-state index in [0.29, 0.717) is 51.6 Å². The van der Waals surface area contributed by atoms with E-state index in [2.05, 4.69) is 10.6 Å². The number of aromatic nitrogens is 1. The summed E-state index contributed by atoms with van der Waals surface area (Å²) >= 11 is 0. The summed E-state index contributed by atoms with van der Waals surface area (Å²) < 4.78 is 78.9. The molecule has 4 rings (SSSR count). The SMILES string of the molecule is Cc1cc(C(=O)NC[N+](C)(CCCNC(=O)CCCC(=O)O)CCCS(=O)(=O)O)cc(C)c1OC(=O)c1c2ccccc2[n+](CCCS(=O)(=O)O)c2ccc(OC(C)C)cc12. The van der Waals surface area contributed by atoms with Gasteiger partial charge in [-0.05, 0) is 75.6 Å². The molecule has 0 aliphatic rings. The summed E-state index contributed by atoms with van der Waals surface area (Å²) in [6.45, 7) is 8.44. The van der Waals surface area contributed by atoms with Gasteiger partial charge in [0.25, 0.3) is 26.1 Å². The molecule has 5 N–H and O–H groups in total. The van der Waals surface area contributed by atoms with Crippen molar-refractivity contribution in [3.05, 3.63) is 76.9 Å². The van der Waals surface area contributed by atoms with E-state index < -0.39 is 49.6 Å². The van der Waals surface area contributed by atoms with E-state index in [1.807, 2.05) is 31.5 Å². The quantitative estimate of drug-likeness (QED) is 0.0102. The number of carbonyl (C=O) groups excluding carboxylic acids is 3. The van der Waals surface area contributed by atoms with Crippen LogP contribution in [0.3, 0.4) is 0 Å². The fourth-order valence-corrected chi connectivity index (χ4v) is 8.17. The average molecular weight is 889 g/mol. The smallest absolute Gasteiger partial charge is 0.345 e. The first-order valence-electron chi connectivity index (χ1n) is 19.9. The monoisotopic (exact) mass is 888 g/mol. The van der Waals surface area contributed by atoms with Crippen LogP contribution >= 0.6 is 0 Å². The summed E-state index contributed by atoms with van der Waals surface area (Å²) in [7, 11) is -6.61. The van der Waals surface area contributed by atoms with Crippen LogP contribution in [-0.2, 0) is 36.4 Å². The fourth-order valence-electron chi connectivity index (χ4n) is 7.18. The number of nitrogens with one attached hydrogen (secondary N) is 2. The number of aryl methyl sites for hydroxylation is 3. The van der Waals surface area contributed by atoms with Crippen LogP contribution in [0.5, 0.6) is 11.5 Å². The number of fused-ring (bicyclic) bond motifs is 2. The standard InChI is InChI=1S/C42H54N4O13S2/c1-28(2)58-32-16-17-36-34(26-32)39(33-12-6-7-13-35(33)45(36)19-10-22-60(52,53)54)42(51)59-40-29(3)24-31(25-30(40)4)41(50)44-27-46(5,21-11-23-61(55,56)57)20-9-18-43-37(47)14-8-15-38(48)49/h6-7,12-13,16-17,24-26,28H,8-11,14-15,18-23,27H2,1-5H3,(H3-2,43,44,47,48,49,50,52,53,54,55,56,57)/p+2. The third-order valence-corrected chi connectivity index (χ3v) is 11.6. The Labute approximate surface area is 356 Å². The Kier molecular flexibility index (Phi) is 16.7. The summed E-state index contributed by atoms with van der Waals surface area (Å²) in [6, 6.07) is 15.6. The lowest BCUT2D eigenvalue weighted by Gasteiger charge is -2.34. The van der Waals surface area contributed by atoms with E-state index in [4.69, 9.17) is 14.6 Å². The van der Waals surface area contributed by atoms with Crippen LogP contribution in [0.1, 0.15) is 84.2 Å². The topological polar surface area (TPSA) is 244 Å². The van der Waals surface area contributed by atoms with E-state index in [0.717, 1.165) is 0 Å². The number of hydrogen-bond donors (Lipinski definition) is 5. The van der Waals surface area contributed by atoms with Crippen molar-refractivity contribution in [2.45, 2.75) is 78.9 Å². The van der Waals surface area contributed by atoms with Gasteiger partial charge in [0, 0.05) is 56.3 Å². The number of aliphatic carboxylic acids is 1. The van der Waals surface area contributed by atoms with Crippen molar-refractivity contribution < 1.29 is 68.7 Å². The van der Waals surface area contributed by atoms with Gasteiger partial charge in [-0.2, -0.15) is 21.4 Å². The number of carboxylic acid groups (broad SMARTS) is 1. The third kappa shape index (κ3) is 14.7. The van der Waals surface area contributed by atoms with E-state index in [1.54, 1.807) is 62.4 Å². The number of para-hydroxylation sites is 1. The first kappa shape index (κ1) is 48.5. The Balaban J connectivity index is 1.57. The van der Waals surface area contributed by atoms with E-state index in [1.165, 1.54) is 0 Å². The fraction of sp³-hybridized carbons (Fsp3) is 0.452. The number of amides is 2. The van der Waals surface area contributed by atoms with Crippen molar-refractivity contribution in [3.63, 3.8) is 0 Å². The molecule has 0 spiro atoms.